The number of ether oxygens (including phenoxy) is 2. The highest BCUT2D eigenvalue weighted by Gasteiger charge is 2.39. The van der Waals surface area contributed by atoms with Crippen molar-refractivity contribution in [2.45, 2.75) is 82.0 Å². The zero-order valence-electron chi connectivity index (χ0n) is 30.0. The van der Waals surface area contributed by atoms with E-state index in [2.05, 4.69) is 10.3 Å². The molecule has 1 amide bonds. The number of nitrogens with one attached hydrogen (secondary N) is 1. The molecule has 2 unspecified atom stereocenters. The number of hydrogen-bond donors (Lipinski definition) is 4. The fourth-order valence-corrected chi connectivity index (χ4v) is 7.22. The van der Waals surface area contributed by atoms with Gasteiger partial charge in [-0.25, -0.2) is 18.2 Å². The van der Waals surface area contributed by atoms with E-state index in [-0.39, 0.29) is 16.9 Å². The molecule has 4 aromatic rings. The van der Waals surface area contributed by atoms with Crippen molar-refractivity contribution in [3.8, 4) is 11.5 Å². The predicted octanol–water partition coefficient (Wildman–Crippen LogP) is 6.92. The van der Waals surface area contributed by atoms with E-state index in [0.717, 1.165) is 10.8 Å². The number of halogens is 3. The van der Waals surface area contributed by atoms with Crippen LogP contribution in [0.2, 0.25) is 0 Å². The van der Waals surface area contributed by atoms with Gasteiger partial charge in [-0.2, -0.15) is 13.2 Å². The third-order valence-corrected chi connectivity index (χ3v) is 10.6. The number of sulfone groups is 1. The molecule has 0 spiro atoms. The summed E-state index contributed by atoms with van der Waals surface area (Å²) in [6.45, 7) is 9.97. The highest BCUT2D eigenvalue weighted by molar-refractivity contribution is 7.92. The standard InChI is InChI=1S/C35H43N5O5S.C2HF3O2/c1-6-44-31-19-24(9-13-30(31)45-21(2)3)33(39-26-11-12-27-23(18-26)15-16-38-34(27)37)35(41)40-17-7-8-29(40)28-20-25(36)10-14-32(28)46(42,43)22(4)5;3-2(4,5)1(6)7/h9-16,18-22,29,33,39H,6-8,17,36H2,1-5H3,(H2,37,38);(H,6,7). The minimum Gasteiger partial charge on any atom is -0.490 e. The van der Waals surface area contributed by atoms with Crippen molar-refractivity contribution >= 4 is 49.7 Å². The Morgan fingerprint density at radius 1 is 1.02 bits per heavy atom. The molecule has 1 aromatic heterocycles. The molecule has 3 aromatic carbocycles. The largest absolute Gasteiger partial charge is 0.490 e. The minimum absolute atomic E-state index is 0.0693. The molecule has 286 valence electrons. The fourth-order valence-electron chi connectivity index (χ4n) is 5.93. The van der Waals surface area contributed by atoms with Crippen molar-refractivity contribution in [1.82, 2.24) is 9.88 Å². The first-order valence-electron chi connectivity index (χ1n) is 16.9. The number of carbonyl (C=O) groups is 2. The SMILES string of the molecule is CCOc1cc(C(Nc2ccc3c(N)nccc3c2)C(=O)N2CCCC2c2cc(N)ccc2S(=O)(=O)C(C)C)ccc1OC(C)C.O=C(O)C(F)(F)F. The summed E-state index contributed by atoms with van der Waals surface area (Å²) >= 11 is 0. The van der Waals surface area contributed by atoms with E-state index in [1.165, 1.54) is 0 Å². The van der Waals surface area contributed by atoms with Crippen LogP contribution in [0.5, 0.6) is 11.5 Å². The van der Waals surface area contributed by atoms with Crippen LogP contribution in [0.4, 0.5) is 30.4 Å². The number of aliphatic carboxylic acids is 1. The molecule has 12 nitrogen and oxygen atoms in total. The number of carbonyl (C=O) groups excluding carboxylic acids is 1. The van der Waals surface area contributed by atoms with Gasteiger partial charge in [0, 0.05) is 29.5 Å². The Morgan fingerprint density at radius 2 is 1.72 bits per heavy atom. The molecule has 0 saturated carbocycles. The second-order valence-electron chi connectivity index (χ2n) is 12.9. The highest BCUT2D eigenvalue weighted by Crippen LogP contribution is 2.41. The third kappa shape index (κ3) is 9.60. The van der Waals surface area contributed by atoms with Crippen LogP contribution in [-0.4, -0.2) is 66.0 Å². The lowest BCUT2D eigenvalue weighted by atomic mass is 10.0. The number of nitrogens with two attached hydrogens (primary N) is 2. The molecule has 1 saturated heterocycles. The Balaban J connectivity index is 0.000000815. The predicted molar refractivity (Wildman–Crippen MR) is 196 cm³/mol. The molecule has 1 aliphatic heterocycles. The summed E-state index contributed by atoms with van der Waals surface area (Å²) in [6, 6.07) is 16.6. The zero-order chi connectivity index (χ0) is 39.2. The number of alkyl halides is 3. The molecule has 5 rings (SSSR count). The first-order chi connectivity index (χ1) is 24.8. The average Bonchev–Trinajstić information content (AvgIpc) is 3.57. The minimum atomic E-state index is -5.08. The van der Waals surface area contributed by atoms with E-state index in [1.807, 2.05) is 63.2 Å². The molecule has 0 bridgehead atoms. The number of amides is 1. The molecule has 16 heteroatoms. The molecule has 2 atom stereocenters. The van der Waals surface area contributed by atoms with Crippen molar-refractivity contribution < 1.29 is 45.8 Å². The van der Waals surface area contributed by atoms with Gasteiger partial charge in [0.1, 0.15) is 11.9 Å². The van der Waals surface area contributed by atoms with E-state index in [4.69, 9.17) is 30.8 Å². The Hall–Kier alpha value is -5.25. The summed E-state index contributed by atoms with van der Waals surface area (Å²) in [5, 5.41) is 11.7. The Morgan fingerprint density at radius 3 is 2.34 bits per heavy atom. The van der Waals surface area contributed by atoms with Crippen LogP contribution >= 0.6 is 0 Å². The van der Waals surface area contributed by atoms with Crippen molar-refractivity contribution in [3.05, 3.63) is 78.0 Å². The van der Waals surface area contributed by atoms with Crippen LogP contribution in [0.15, 0.2) is 71.8 Å². The van der Waals surface area contributed by atoms with Gasteiger partial charge in [0.15, 0.2) is 21.3 Å². The number of nitrogens with zero attached hydrogens (tertiary/aromatic N) is 2. The maximum atomic E-state index is 14.7. The average molecular weight is 760 g/mol. The number of carboxylic acid groups (broad SMARTS) is 1. The van der Waals surface area contributed by atoms with E-state index >= 15 is 0 Å². The van der Waals surface area contributed by atoms with Gasteiger partial charge in [-0.05, 0) is 119 Å². The third-order valence-electron chi connectivity index (χ3n) is 8.42. The molecule has 6 N–H and O–H groups in total. The van der Waals surface area contributed by atoms with Gasteiger partial charge in [-0.15, -0.1) is 0 Å². The number of aromatic nitrogens is 1. The molecular formula is C37H44F3N5O7S. The molecule has 53 heavy (non-hydrogen) atoms. The summed E-state index contributed by atoms with van der Waals surface area (Å²) in [7, 11) is -3.64. The van der Waals surface area contributed by atoms with Gasteiger partial charge in [-0.1, -0.05) is 6.07 Å². The zero-order valence-corrected chi connectivity index (χ0v) is 30.8. The van der Waals surface area contributed by atoms with Crippen LogP contribution in [0, 0.1) is 0 Å². The van der Waals surface area contributed by atoms with Gasteiger partial charge in [0.25, 0.3) is 0 Å². The normalized spacial score (nSPS) is 15.2. The topological polar surface area (TPSA) is 187 Å². The van der Waals surface area contributed by atoms with Crippen molar-refractivity contribution in [1.29, 1.82) is 0 Å². The lowest BCUT2D eigenvalue weighted by Crippen LogP contribution is -2.38. The van der Waals surface area contributed by atoms with Crippen LogP contribution in [-0.2, 0) is 19.4 Å². The molecular weight excluding hydrogens is 715 g/mol. The van der Waals surface area contributed by atoms with Crippen molar-refractivity contribution in [3.63, 3.8) is 0 Å². The Kier molecular flexibility index (Phi) is 12.7. The number of likely N-dealkylation sites (tertiary alicyclic amines) is 1. The van der Waals surface area contributed by atoms with Gasteiger partial charge in [0.05, 0.1) is 28.9 Å². The molecule has 0 aliphatic carbocycles. The van der Waals surface area contributed by atoms with Gasteiger partial charge < -0.3 is 36.3 Å². The van der Waals surface area contributed by atoms with E-state index in [1.54, 1.807) is 43.1 Å². The van der Waals surface area contributed by atoms with Crippen LogP contribution < -0.4 is 26.3 Å². The first kappa shape index (κ1) is 40.5. The van der Waals surface area contributed by atoms with Gasteiger partial charge in [0.2, 0.25) is 5.91 Å². The number of pyridine rings is 1. The van der Waals surface area contributed by atoms with Gasteiger partial charge >= 0.3 is 12.1 Å². The Labute approximate surface area is 306 Å². The number of fused-ring (bicyclic) bond motifs is 1. The first-order valence-corrected chi connectivity index (χ1v) is 18.5. The number of rotatable bonds is 11. The summed E-state index contributed by atoms with van der Waals surface area (Å²) in [5.74, 6) is -1.42. The van der Waals surface area contributed by atoms with Crippen molar-refractivity contribution in [2.75, 3.05) is 29.9 Å². The van der Waals surface area contributed by atoms with Crippen LogP contribution in [0.3, 0.4) is 0 Å². The second-order valence-corrected chi connectivity index (χ2v) is 15.4. The van der Waals surface area contributed by atoms with E-state index < -0.39 is 39.3 Å². The number of carboxylic acids is 1. The maximum absolute atomic E-state index is 14.7. The fraction of sp³-hybridized carbons (Fsp3) is 0.378. The summed E-state index contributed by atoms with van der Waals surface area (Å²) in [6.07, 6.45) is -2.18. The smallest absolute Gasteiger partial charge is 0.490 e. The number of benzene rings is 3. The summed E-state index contributed by atoms with van der Waals surface area (Å²) < 4.78 is 70.6. The molecule has 2 heterocycles. The number of anilines is 3. The summed E-state index contributed by atoms with van der Waals surface area (Å²) in [5.41, 5.74) is 14.7. The second kappa shape index (κ2) is 16.6. The Bertz CT molecular complexity index is 2060. The summed E-state index contributed by atoms with van der Waals surface area (Å²) in [4.78, 5) is 29.8. The number of hydrogen-bond acceptors (Lipinski definition) is 10. The molecule has 1 fully saturated rings. The quantitative estimate of drug-likeness (QED) is 0.116. The maximum Gasteiger partial charge on any atom is 0.490 e. The van der Waals surface area contributed by atoms with Crippen molar-refractivity contribution in [2.24, 2.45) is 0 Å². The van der Waals surface area contributed by atoms with E-state index in [9.17, 15) is 26.4 Å². The van der Waals surface area contributed by atoms with E-state index in [0.29, 0.717) is 65.8 Å². The van der Waals surface area contributed by atoms with Crippen LogP contribution in [0.1, 0.15) is 70.7 Å². The molecule has 1 aliphatic rings. The van der Waals surface area contributed by atoms with Crippen LogP contribution in [0.25, 0.3) is 10.8 Å². The molecule has 0 radical (unpaired) electrons. The lowest BCUT2D eigenvalue weighted by molar-refractivity contribution is -0.192. The monoisotopic (exact) mass is 759 g/mol. The number of nitrogen functional groups attached to an aromatic ring is 2. The highest BCUT2D eigenvalue weighted by atomic mass is 32.2. The van der Waals surface area contributed by atoms with Gasteiger partial charge in [-0.3, -0.25) is 4.79 Å². The lowest BCUT2D eigenvalue weighted by Gasteiger charge is -2.32.